The summed E-state index contributed by atoms with van der Waals surface area (Å²) in [6, 6.07) is 8.98. The summed E-state index contributed by atoms with van der Waals surface area (Å²) in [5.41, 5.74) is 11.1. The quantitative estimate of drug-likeness (QED) is 0.585. The molecule has 2 heterocycles. The molecule has 0 saturated heterocycles. The zero-order valence-electron chi connectivity index (χ0n) is 19.5. The Balaban J connectivity index is 1.92. The van der Waals surface area contributed by atoms with Crippen molar-refractivity contribution in [1.82, 2.24) is 21.1 Å². The fourth-order valence-corrected chi connectivity index (χ4v) is 4.18. The maximum Gasteiger partial charge on any atom is 0.0782 e. The molecular weight excluding hydrogens is 368 g/mol. The van der Waals surface area contributed by atoms with Crippen molar-refractivity contribution in [3.63, 3.8) is 0 Å². The minimum Gasteiger partial charge on any atom is -0.375 e. The number of dihydropyridines is 1. The summed E-state index contributed by atoms with van der Waals surface area (Å²) in [6.45, 7) is 13.9. The number of nitrogens with one attached hydrogen (secondary N) is 3. The molecule has 0 radical (unpaired) electrons. The molecule has 1 atom stereocenters. The van der Waals surface area contributed by atoms with Crippen LogP contribution in [-0.2, 0) is 5.54 Å². The van der Waals surface area contributed by atoms with Gasteiger partial charge < -0.3 is 15.6 Å². The van der Waals surface area contributed by atoms with Crippen LogP contribution < -0.4 is 16.1 Å². The van der Waals surface area contributed by atoms with E-state index < -0.39 is 0 Å². The van der Waals surface area contributed by atoms with E-state index in [9.17, 15) is 0 Å². The van der Waals surface area contributed by atoms with E-state index in [-0.39, 0.29) is 5.54 Å². The second-order valence-corrected chi connectivity index (χ2v) is 8.93. The second kappa shape index (κ2) is 9.67. The molecule has 0 aromatic heterocycles. The number of allylic oxidation sites excluding steroid dienone is 3. The molecule has 2 aliphatic heterocycles. The van der Waals surface area contributed by atoms with E-state index in [1.54, 1.807) is 0 Å². The first-order valence-electron chi connectivity index (χ1n) is 11.2. The first-order valence-corrected chi connectivity index (χ1v) is 11.2. The molecule has 0 amide bonds. The van der Waals surface area contributed by atoms with Crippen LogP contribution in [0.25, 0.3) is 5.57 Å². The first-order chi connectivity index (χ1) is 14.4. The van der Waals surface area contributed by atoms with Gasteiger partial charge in [0.15, 0.2) is 0 Å². The third-order valence-corrected chi connectivity index (χ3v) is 5.89. The highest BCUT2D eigenvalue weighted by Crippen LogP contribution is 2.34. The average molecular weight is 407 g/mol. The fourth-order valence-electron chi connectivity index (χ4n) is 4.18. The third kappa shape index (κ3) is 5.05. The summed E-state index contributed by atoms with van der Waals surface area (Å²) in [5, 5.41) is 9.42. The predicted molar refractivity (Wildman–Crippen MR) is 129 cm³/mol. The van der Waals surface area contributed by atoms with Crippen molar-refractivity contribution in [3.05, 3.63) is 76.7 Å². The molecule has 4 nitrogen and oxygen atoms in total. The third-order valence-electron chi connectivity index (χ3n) is 5.89. The lowest BCUT2D eigenvalue weighted by Crippen LogP contribution is -2.40. The van der Waals surface area contributed by atoms with Gasteiger partial charge in [-0.3, -0.25) is 0 Å². The minimum absolute atomic E-state index is 0.223. The molecule has 0 bridgehead atoms. The fraction of sp³-hybridized carbons (Fsp3) is 0.462. The molecule has 2 aliphatic rings. The van der Waals surface area contributed by atoms with Crippen molar-refractivity contribution in [2.45, 2.75) is 46.6 Å². The number of hydrazine groups is 1. The molecule has 30 heavy (non-hydrogen) atoms. The highest BCUT2D eigenvalue weighted by Gasteiger charge is 2.30. The summed E-state index contributed by atoms with van der Waals surface area (Å²) < 4.78 is 0. The number of benzene rings is 1. The van der Waals surface area contributed by atoms with E-state index in [0.717, 1.165) is 26.1 Å². The number of nitrogens with zero attached hydrogens (tertiary/aromatic N) is 1. The van der Waals surface area contributed by atoms with Crippen LogP contribution >= 0.6 is 0 Å². The van der Waals surface area contributed by atoms with Crippen molar-refractivity contribution in [2.75, 3.05) is 26.7 Å². The lowest BCUT2D eigenvalue weighted by atomic mass is 9.83. The highest BCUT2D eigenvalue weighted by atomic mass is 15.5. The lowest BCUT2D eigenvalue weighted by molar-refractivity contribution is 0.374. The summed E-state index contributed by atoms with van der Waals surface area (Å²) in [7, 11) is 2.05. The molecule has 162 valence electrons. The van der Waals surface area contributed by atoms with Crippen LogP contribution in [-0.4, -0.2) is 31.7 Å². The van der Waals surface area contributed by atoms with E-state index in [0.29, 0.717) is 5.92 Å². The van der Waals surface area contributed by atoms with Gasteiger partial charge in [0.25, 0.3) is 0 Å². The Morgan fingerprint density at radius 3 is 2.77 bits per heavy atom. The molecule has 4 heteroatoms. The first kappa shape index (κ1) is 22.4. The van der Waals surface area contributed by atoms with Crippen LogP contribution in [0.3, 0.4) is 0 Å². The molecule has 1 aromatic carbocycles. The number of hydrogen-bond acceptors (Lipinski definition) is 4. The number of rotatable bonds is 8. The van der Waals surface area contributed by atoms with Crippen LogP contribution in [0.15, 0.2) is 65.5 Å². The van der Waals surface area contributed by atoms with Gasteiger partial charge in [-0.15, -0.1) is 0 Å². The standard InChI is InChI=1S/C26H38N4/c1-7-20(16-27-8-2)21-10-9-11-23(15-21)26(5)13-12-24(22-17-28-30(6)18-22)25(29-26)14-19(3)4/h7,9-13,15,18-19,27-29H,8,14,16-17H2,1-6H3/b20-7+. The SMILES string of the molecule is C/C=C(\CNCC)c1cccc(C2(C)C=CC(C3=CN(C)NC3)=C(CC(C)C)N2)c1. The summed E-state index contributed by atoms with van der Waals surface area (Å²) in [5.74, 6) is 0.590. The molecule has 3 rings (SSSR count). The Labute approximate surface area is 182 Å². The zero-order valence-corrected chi connectivity index (χ0v) is 19.5. The van der Waals surface area contributed by atoms with Crippen LogP contribution in [0.2, 0.25) is 0 Å². The van der Waals surface area contributed by atoms with Crippen molar-refractivity contribution >= 4 is 5.57 Å². The van der Waals surface area contributed by atoms with Gasteiger partial charge in [-0.25, -0.2) is 5.43 Å². The normalized spacial score (nSPS) is 22.0. The van der Waals surface area contributed by atoms with Crippen molar-refractivity contribution < 1.29 is 0 Å². The van der Waals surface area contributed by atoms with Crippen molar-refractivity contribution in [1.29, 1.82) is 0 Å². The highest BCUT2D eigenvalue weighted by molar-refractivity contribution is 5.67. The van der Waals surface area contributed by atoms with Gasteiger partial charge in [0.05, 0.1) is 5.54 Å². The average Bonchev–Trinajstić information content (AvgIpc) is 3.14. The molecule has 1 unspecified atom stereocenters. The van der Waals surface area contributed by atoms with Crippen LogP contribution in [0, 0.1) is 5.92 Å². The number of hydrogen-bond donors (Lipinski definition) is 3. The Kier molecular flexibility index (Phi) is 7.22. The Morgan fingerprint density at radius 1 is 1.33 bits per heavy atom. The summed E-state index contributed by atoms with van der Waals surface area (Å²) >= 11 is 0. The molecule has 0 spiro atoms. The van der Waals surface area contributed by atoms with Gasteiger partial charge in [0.1, 0.15) is 0 Å². The van der Waals surface area contributed by atoms with Crippen LogP contribution in [0.1, 0.15) is 52.2 Å². The maximum absolute atomic E-state index is 3.92. The van der Waals surface area contributed by atoms with Crippen LogP contribution in [0.4, 0.5) is 0 Å². The summed E-state index contributed by atoms with van der Waals surface area (Å²) in [4.78, 5) is 0. The van der Waals surface area contributed by atoms with E-state index >= 15 is 0 Å². The van der Waals surface area contributed by atoms with Crippen molar-refractivity contribution in [2.24, 2.45) is 5.92 Å². The topological polar surface area (TPSA) is 39.3 Å². The lowest BCUT2D eigenvalue weighted by Gasteiger charge is -2.36. The van der Waals surface area contributed by atoms with Gasteiger partial charge in [0.2, 0.25) is 0 Å². The minimum atomic E-state index is -0.223. The molecule has 0 fully saturated rings. The Morgan fingerprint density at radius 2 is 2.13 bits per heavy atom. The Bertz CT molecular complexity index is 875. The predicted octanol–water partition coefficient (Wildman–Crippen LogP) is 4.71. The van der Waals surface area contributed by atoms with Gasteiger partial charge in [0, 0.05) is 32.0 Å². The summed E-state index contributed by atoms with van der Waals surface area (Å²) in [6.07, 6.45) is 10.1. The maximum atomic E-state index is 3.92. The molecule has 1 aromatic rings. The molecular formula is C26H38N4. The monoisotopic (exact) mass is 406 g/mol. The molecule has 0 saturated carbocycles. The van der Waals surface area contributed by atoms with E-state index in [1.807, 2.05) is 5.01 Å². The van der Waals surface area contributed by atoms with Crippen LogP contribution in [0.5, 0.6) is 0 Å². The van der Waals surface area contributed by atoms with Crippen molar-refractivity contribution in [3.8, 4) is 0 Å². The smallest absolute Gasteiger partial charge is 0.0782 e. The van der Waals surface area contributed by atoms with Gasteiger partial charge in [-0.05, 0) is 66.6 Å². The molecule has 0 aliphatic carbocycles. The number of likely N-dealkylation sites (N-methyl/N-ethyl adjacent to an activating group) is 1. The van der Waals surface area contributed by atoms with E-state index in [1.165, 1.54) is 33.5 Å². The van der Waals surface area contributed by atoms with Gasteiger partial charge in [-0.2, -0.15) is 0 Å². The van der Waals surface area contributed by atoms with E-state index in [2.05, 4.69) is 106 Å². The van der Waals surface area contributed by atoms with Gasteiger partial charge in [-0.1, -0.05) is 57.2 Å². The molecule has 3 N–H and O–H groups in total. The van der Waals surface area contributed by atoms with Gasteiger partial charge >= 0.3 is 0 Å². The van der Waals surface area contributed by atoms with E-state index in [4.69, 9.17) is 0 Å². The Hall–Kier alpha value is -2.30. The second-order valence-electron chi connectivity index (χ2n) is 8.93. The zero-order chi connectivity index (χ0) is 21.7. The largest absolute Gasteiger partial charge is 0.375 e.